The van der Waals surface area contributed by atoms with E-state index in [1.165, 1.54) is 25.7 Å². The number of carbonyl (C=O) groups excluding carboxylic acids is 1. The number of nitrogens with two attached hydrogens (primary N) is 1. The summed E-state index contributed by atoms with van der Waals surface area (Å²) < 4.78 is 5.47. The Hall–Kier alpha value is -0.570. The van der Waals surface area contributed by atoms with E-state index < -0.39 is 6.04 Å². The van der Waals surface area contributed by atoms with Crippen LogP contribution in [0.2, 0.25) is 0 Å². The third kappa shape index (κ3) is 4.97. The summed E-state index contributed by atoms with van der Waals surface area (Å²) in [5.74, 6) is 0.234. The van der Waals surface area contributed by atoms with Crippen LogP contribution in [0, 0.1) is 5.92 Å². The van der Waals surface area contributed by atoms with Gasteiger partial charge in [0.1, 0.15) is 12.1 Å². The minimum atomic E-state index is -0.441. The van der Waals surface area contributed by atoms with E-state index in [9.17, 15) is 4.79 Å². The maximum absolute atomic E-state index is 11.7. The van der Waals surface area contributed by atoms with Gasteiger partial charge in [-0.25, -0.2) is 0 Å². The van der Waals surface area contributed by atoms with Crippen molar-refractivity contribution in [2.75, 3.05) is 0 Å². The molecule has 1 saturated carbocycles. The van der Waals surface area contributed by atoms with E-state index in [0.717, 1.165) is 12.8 Å². The molecule has 2 N–H and O–H groups in total. The highest BCUT2D eigenvalue weighted by molar-refractivity contribution is 5.75. The molecule has 1 aliphatic rings. The highest BCUT2D eigenvalue weighted by Gasteiger charge is 2.21. The van der Waals surface area contributed by atoms with E-state index in [0.29, 0.717) is 12.3 Å². The van der Waals surface area contributed by atoms with E-state index >= 15 is 0 Å². The van der Waals surface area contributed by atoms with Crippen LogP contribution in [-0.4, -0.2) is 18.1 Å². The summed E-state index contributed by atoms with van der Waals surface area (Å²) in [6, 6.07) is -0.441. The van der Waals surface area contributed by atoms with Crippen LogP contribution in [0.1, 0.15) is 58.8 Å². The molecule has 0 aromatic heterocycles. The van der Waals surface area contributed by atoms with Crippen molar-refractivity contribution >= 4 is 5.97 Å². The highest BCUT2D eigenvalue weighted by atomic mass is 16.5. The first-order valence-electron chi connectivity index (χ1n) is 6.55. The van der Waals surface area contributed by atoms with Gasteiger partial charge in [-0.15, -0.1) is 0 Å². The molecule has 0 aromatic carbocycles. The first-order valence-corrected chi connectivity index (χ1v) is 6.55. The Morgan fingerprint density at radius 3 is 2.31 bits per heavy atom. The molecule has 1 aliphatic carbocycles. The van der Waals surface area contributed by atoms with Gasteiger partial charge in [-0.1, -0.05) is 26.7 Å². The van der Waals surface area contributed by atoms with Gasteiger partial charge in [-0.2, -0.15) is 0 Å². The standard InChI is InChI=1S/C13H25NO2/c1-10(2)9-12(14)13(15)16-11-7-5-3-4-6-8-11/h10-12H,3-9,14H2,1-2H3/t12-/m1/s1. The Kier molecular flexibility index (Phi) is 5.81. The molecule has 0 saturated heterocycles. The Morgan fingerprint density at radius 1 is 1.25 bits per heavy atom. The Morgan fingerprint density at radius 2 is 1.81 bits per heavy atom. The maximum Gasteiger partial charge on any atom is 0.323 e. The van der Waals surface area contributed by atoms with Crippen LogP contribution in [0.5, 0.6) is 0 Å². The molecule has 16 heavy (non-hydrogen) atoms. The summed E-state index contributed by atoms with van der Waals surface area (Å²) in [7, 11) is 0. The van der Waals surface area contributed by atoms with Crippen molar-refractivity contribution in [3.05, 3.63) is 0 Å². The quantitative estimate of drug-likeness (QED) is 0.593. The predicted molar refractivity (Wildman–Crippen MR) is 65.0 cm³/mol. The molecule has 0 spiro atoms. The highest BCUT2D eigenvalue weighted by Crippen LogP contribution is 2.20. The second kappa shape index (κ2) is 6.89. The minimum absolute atomic E-state index is 0.119. The SMILES string of the molecule is CC(C)C[C@@H](N)C(=O)OC1CCCCCC1. The summed E-state index contributed by atoms with van der Waals surface area (Å²) in [5.41, 5.74) is 5.80. The summed E-state index contributed by atoms with van der Waals surface area (Å²) in [6.45, 7) is 4.14. The number of carbonyl (C=O) groups is 1. The van der Waals surface area contributed by atoms with Crippen LogP contribution in [-0.2, 0) is 9.53 Å². The molecule has 94 valence electrons. The topological polar surface area (TPSA) is 52.3 Å². The first kappa shape index (κ1) is 13.5. The van der Waals surface area contributed by atoms with Crippen molar-refractivity contribution in [1.82, 2.24) is 0 Å². The number of hydrogen-bond donors (Lipinski definition) is 1. The predicted octanol–water partition coefficient (Wildman–Crippen LogP) is 2.63. The van der Waals surface area contributed by atoms with Crippen molar-refractivity contribution in [2.45, 2.75) is 70.9 Å². The average molecular weight is 227 g/mol. The molecule has 0 radical (unpaired) electrons. The third-order valence-electron chi connectivity index (χ3n) is 3.11. The molecule has 0 aromatic rings. The van der Waals surface area contributed by atoms with E-state index in [1.54, 1.807) is 0 Å². The van der Waals surface area contributed by atoms with Crippen LogP contribution in [0.4, 0.5) is 0 Å². The van der Waals surface area contributed by atoms with Gasteiger partial charge in [0, 0.05) is 0 Å². The zero-order valence-corrected chi connectivity index (χ0v) is 10.6. The zero-order valence-electron chi connectivity index (χ0n) is 10.6. The maximum atomic E-state index is 11.7. The van der Waals surface area contributed by atoms with E-state index in [2.05, 4.69) is 13.8 Å². The van der Waals surface area contributed by atoms with E-state index in [4.69, 9.17) is 10.5 Å². The number of ether oxygens (including phenoxy) is 1. The molecular weight excluding hydrogens is 202 g/mol. The van der Waals surface area contributed by atoms with Crippen molar-refractivity contribution in [3.63, 3.8) is 0 Å². The fourth-order valence-corrected chi connectivity index (χ4v) is 2.22. The fraction of sp³-hybridized carbons (Fsp3) is 0.923. The van der Waals surface area contributed by atoms with Crippen molar-refractivity contribution in [2.24, 2.45) is 11.7 Å². The molecule has 0 heterocycles. The first-order chi connectivity index (χ1) is 7.59. The molecule has 0 amide bonds. The molecule has 1 rings (SSSR count). The molecule has 3 nitrogen and oxygen atoms in total. The smallest absolute Gasteiger partial charge is 0.323 e. The van der Waals surface area contributed by atoms with Crippen molar-refractivity contribution in [1.29, 1.82) is 0 Å². The Bertz CT molecular complexity index is 208. The minimum Gasteiger partial charge on any atom is -0.461 e. The second-order valence-electron chi connectivity index (χ2n) is 5.29. The van der Waals surface area contributed by atoms with Crippen LogP contribution in [0.25, 0.3) is 0 Å². The number of rotatable bonds is 4. The van der Waals surface area contributed by atoms with E-state index in [-0.39, 0.29) is 12.1 Å². The summed E-state index contributed by atoms with van der Waals surface area (Å²) in [4.78, 5) is 11.7. The second-order valence-corrected chi connectivity index (χ2v) is 5.29. The summed E-state index contributed by atoms with van der Waals surface area (Å²) in [6.07, 6.45) is 7.76. The summed E-state index contributed by atoms with van der Waals surface area (Å²) in [5, 5.41) is 0. The lowest BCUT2D eigenvalue weighted by molar-refractivity contribution is -0.151. The molecular formula is C13H25NO2. The third-order valence-corrected chi connectivity index (χ3v) is 3.11. The van der Waals surface area contributed by atoms with Crippen molar-refractivity contribution < 1.29 is 9.53 Å². The molecule has 0 bridgehead atoms. The van der Waals surface area contributed by atoms with Crippen LogP contribution in [0.15, 0.2) is 0 Å². The van der Waals surface area contributed by atoms with Crippen LogP contribution >= 0.6 is 0 Å². The lowest BCUT2D eigenvalue weighted by Crippen LogP contribution is -2.36. The molecule has 1 atom stereocenters. The van der Waals surface area contributed by atoms with Gasteiger partial charge in [0.15, 0.2) is 0 Å². The van der Waals surface area contributed by atoms with Gasteiger partial charge in [-0.3, -0.25) is 4.79 Å². The number of esters is 1. The van der Waals surface area contributed by atoms with Gasteiger partial charge in [0.2, 0.25) is 0 Å². The Balaban J connectivity index is 2.31. The molecule has 3 heteroatoms. The van der Waals surface area contributed by atoms with Gasteiger partial charge >= 0.3 is 5.97 Å². The lowest BCUT2D eigenvalue weighted by Gasteiger charge is -2.19. The summed E-state index contributed by atoms with van der Waals surface area (Å²) >= 11 is 0. The molecule has 1 fully saturated rings. The average Bonchev–Trinajstić information content (AvgIpc) is 2.45. The molecule has 0 aliphatic heterocycles. The van der Waals surface area contributed by atoms with Gasteiger partial charge < -0.3 is 10.5 Å². The van der Waals surface area contributed by atoms with Crippen molar-refractivity contribution in [3.8, 4) is 0 Å². The largest absolute Gasteiger partial charge is 0.461 e. The van der Waals surface area contributed by atoms with Gasteiger partial charge in [-0.05, 0) is 38.0 Å². The molecule has 0 unspecified atom stereocenters. The zero-order chi connectivity index (χ0) is 12.0. The fourth-order valence-electron chi connectivity index (χ4n) is 2.22. The van der Waals surface area contributed by atoms with Gasteiger partial charge in [0.05, 0.1) is 0 Å². The number of hydrogen-bond acceptors (Lipinski definition) is 3. The van der Waals surface area contributed by atoms with E-state index in [1.807, 2.05) is 0 Å². The normalized spacial score (nSPS) is 20.5. The monoisotopic (exact) mass is 227 g/mol. The van der Waals surface area contributed by atoms with Crippen LogP contribution < -0.4 is 5.73 Å². The van der Waals surface area contributed by atoms with Gasteiger partial charge in [0.25, 0.3) is 0 Å². The lowest BCUT2D eigenvalue weighted by atomic mass is 10.0. The van der Waals surface area contributed by atoms with Crippen LogP contribution in [0.3, 0.4) is 0 Å². The Labute approximate surface area is 98.7 Å².